The largest absolute Gasteiger partial charge is 0.335 e. The van der Waals surface area contributed by atoms with Crippen LogP contribution < -0.4 is 5.32 Å². The third-order valence-electron chi connectivity index (χ3n) is 6.09. The zero-order valence-corrected chi connectivity index (χ0v) is 21.5. The van der Waals surface area contributed by atoms with E-state index >= 15 is 4.39 Å². The van der Waals surface area contributed by atoms with Crippen LogP contribution in [-0.4, -0.2) is 46.0 Å². The molecule has 0 saturated heterocycles. The molecule has 6 heterocycles. The Morgan fingerprint density at radius 1 is 1.03 bits per heavy atom. The van der Waals surface area contributed by atoms with Crippen LogP contribution in [0.4, 0.5) is 10.1 Å². The Labute approximate surface area is 222 Å². The average Bonchev–Trinajstić information content (AvgIpc) is 3.53. The maximum atomic E-state index is 16.0. The van der Waals surface area contributed by atoms with E-state index in [1.165, 1.54) is 18.6 Å². The van der Waals surface area contributed by atoms with Crippen molar-refractivity contribution in [3.63, 3.8) is 0 Å². The number of imidazole rings is 1. The fourth-order valence-electron chi connectivity index (χ4n) is 4.43. The van der Waals surface area contributed by atoms with E-state index in [9.17, 15) is 4.79 Å². The zero-order chi connectivity index (χ0) is 27.1. The van der Waals surface area contributed by atoms with Crippen LogP contribution in [0.3, 0.4) is 0 Å². The monoisotopic (exact) mass is 521 g/mol. The number of carbonyl (C=O) groups is 1. The molecule has 6 rings (SSSR count). The van der Waals surface area contributed by atoms with Crippen LogP contribution in [0, 0.1) is 11.2 Å². The van der Waals surface area contributed by atoms with E-state index in [-0.39, 0.29) is 22.4 Å². The van der Waals surface area contributed by atoms with Gasteiger partial charge in [-0.15, -0.1) is 0 Å². The number of aromatic amines is 2. The van der Waals surface area contributed by atoms with Gasteiger partial charge in [-0.2, -0.15) is 5.10 Å². The van der Waals surface area contributed by atoms with Crippen LogP contribution in [0.25, 0.3) is 56.1 Å². The summed E-state index contributed by atoms with van der Waals surface area (Å²) < 4.78 is 16.0. The molecule has 0 aliphatic rings. The van der Waals surface area contributed by atoms with Crippen molar-refractivity contribution < 1.29 is 9.18 Å². The number of hydrogen-bond acceptors (Lipinski definition) is 7. The van der Waals surface area contributed by atoms with Crippen LogP contribution in [0.2, 0.25) is 0 Å². The highest BCUT2D eigenvalue weighted by molar-refractivity contribution is 5.97. The molecular weight excluding hydrogens is 497 g/mol. The number of rotatable bonds is 5. The minimum absolute atomic E-state index is 0.0768. The highest BCUT2D eigenvalue weighted by Crippen LogP contribution is 2.34. The molecule has 0 aliphatic heterocycles. The smallest absolute Gasteiger partial charge is 0.224 e. The zero-order valence-electron chi connectivity index (χ0n) is 21.5. The number of anilines is 1. The molecule has 3 N–H and O–H groups in total. The fraction of sp³-hybridized carbons (Fsp3) is 0.179. The number of hydrogen-bond donors (Lipinski definition) is 3. The molecule has 10 nitrogen and oxygen atoms in total. The topological polar surface area (TPSA) is 138 Å². The quantitative estimate of drug-likeness (QED) is 0.271. The van der Waals surface area contributed by atoms with E-state index in [0.717, 1.165) is 11.3 Å². The summed E-state index contributed by atoms with van der Waals surface area (Å²) in [6.07, 6.45) is 8.23. The summed E-state index contributed by atoms with van der Waals surface area (Å²) in [6, 6.07) is 9.13. The minimum Gasteiger partial charge on any atom is -0.335 e. The summed E-state index contributed by atoms with van der Waals surface area (Å²) in [4.78, 5) is 37.5. The minimum atomic E-state index is -0.588. The average molecular weight is 522 g/mol. The van der Waals surface area contributed by atoms with Gasteiger partial charge in [0.15, 0.2) is 17.3 Å². The third kappa shape index (κ3) is 4.70. The van der Waals surface area contributed by atoms with E-state index in [4.69, 9.17) is 0 Å². The molecular formula is C28H24FN9O. The second-order valence-electron chi connectivity index (χ2n) is 10.4. The standard InChI is InChI=1S/C28H24FN9O/c1-28(2,3)11-20(39)34-16-10-15(12-30-13-16)23-22(29)21-19(14-33-23)37-38-25(21)27-35-24-17(7-9-32-26(24)36-27)18-6-4-5-8-31-18/h4-10,12-14H,11H2,1-3H3,(H,34,39)(H,37,38)(H,32,35,36). The number of amides is 1. The van der Waals surface area contributed by atoms with E-state index < -0.39 is 5.82 Å². The number of carbonyl (C=O) groups excluding carboxylic acids is 1. The maximum absolute atomic E-state index is 16.0. The molecule has 0 fully saturated rings. The summed E-state index contributed by atoms with van der Waals surface area (Å²) in [5.74, 6) is -0.384. The first-order chi connectivity index (χ1) is 18.8. The number of nitrogens with one attached hydrogen (secondary N) is 3. The van der Waals surface area contributed by atoms with Gasteiger partial charge >= 0.3 is 0 Å². The SMILES string of the molecule is CC(C)(C)CC(=O)Nc1cncc(-c2ncc3[nH]nc(-c4nc5nccc(-c6ccccn6)c5[nH]4)c3c2F)c1. The van der Waals surface area contributed by atoms with Gasteiger partial charge in [0.25, 0.3) is 0 Å². The highest BCUT2D eigenvalue weighted by atomic mass is 19.1. The van der Waals surface area contributed by atoms with Crippen LogP contribution in [-0.2, 0) is 4.79 Å². The molecule has 194 valence electrons. The van der Waals surface area contributed by atoms with Crippen LogP contribution in [0.1, 0.15) is 27.2 Å². The summed E-state index contributed by atoms with van der Waals surface area (Å²) in [7, 11) is 0. The second kappa shape index (κ2) is 9.35. The van der Waals surface area contributed by atoms with Crippen molar-refractivity contribution in [2.45, 2.75) is 27.2 Å². The lowest BCUT2D eigenvalue weighted by Gasteiger charge is -2.17. The maximum Gasteiger partial charge on any atom is 0.224 e. The van der Waals surface area contributed by atoms with E-state index in [1.807, 2.05) is 45.0 Å². The molecule has 6 aromatic rings. The van der Waals surface area contributed by atoms with Crippen molar-refractivity contribution in [1.29, 1.82) is 0 Å². The van der Waals surface area contributed by atoms with Crippen LogP contribution in [0.5, 0.6) is 0 Å². The molecule has 0 aliphatic carbocycles. The molecule has 0 bridgehead atoms. The summed E-state index contributed by atoms with van der Waals surface area (Å²) in [5, 5.41) is 10.2. The molecule has 6 aromatic heterocycles. The Kier molecular flexibility index (Phi) is 5.82. The Morgan fingerprint density at radius 2 is 1.90 bits per heavy atom. The Balaban J connectivity index is 1.40. The number of H-pyrrole nitrogens is 2. The van der Waals surface area contributed by atoms with Crippen molar-refractivity contribution in [3.8, 4) is 34.0 Å². The molecule has 0 saturated carbocycles. The lowest BCUT2D eigenvalue weighted by atomic mass is 9.92. The van der Waals surface area contributed by atoms with Crippen molar-refractivity contribution in [1.82, 2.24) is 40.1 Å². The number of nitrogens with zero attached hydrogens (tertiary/aromatic N) is 6. The van der Waals surface area contributed by atoms with Crippen LogP contribution in [0.15, 0.2) is 61.3 Å². The van der Waals surface area contributed by atoms with Crippen molar-refractivity contribution in [2.24, 2.45) is 5.41 Å². The molecule has 11 heteroatoms. The van der Waals surface area contributed by atoms with Crippen LogP contribution >= 0.6 is 0 Å². The first kappa shape index (κ1) is 24.3. The van der Waals surface area contributed by atoms with Gasteiger partial charge in [0.1, 0.15) is 11.4 Å². The van der Waals surface area contributed by atoms with Crippen molar-refractivity contribution >= 4 is 33.7 Å². The predicted octanol–water partition coefficient (Wildman–Crippen LogP) is 5.53. The third-order valence-corrected chi connectivity index (χ3v) is 6.09. The highest BCUT2D eigenvalue weighted by Gasteiger charge is 2.22. The van der Waals surface area contributed by atoms with E-state index in [0.29, 0.717) is 45.9 Å². The lowest BCUT2D eigenvalue weighted by Crippen LogP contribution is -2.19. The molecule has 0 radical (unpaired) electrons. The Hall–Kier alpha value is -5.06. The molecule has 0 spiro atoms. The molecule has 0 unspecified atom stereocenters. The van der Waals surface area contributed by atoms with Gasteiger partial charge in [0, 0.05) is 36.1 Å². The van der Waals surface area contributed by atoms with Gasteiger partial charge < -0.3 is 10.3 Å². The molecule has 1 amide bonds. The molecule has 39 heavy (non-hydrogen) atoms. The summed E-state index contributed by atoms with van der Waals surface area (Å²) in [5.41, 5.74) is 4.18. The summed E-state index contributed by atoms with van der Waals surface area (Å²) in [6.45, 7) is 5.95. The normalized spacial score (nSPS) is 11.8. The van der Waals surface area contributed by atoms with Gasteiger partial charge in [-0.25, -0.2) is 14.4 Å². The lowest BCUT2D eigenvalue weighted by molar-refractivity contribution is -0.117. The Morgan fingerprint density at radius 3 is 2.69 bits per heavy atom. The second-order valence-corrected chi connectivity index (χ2v) is 10.4. The van der Waals surface area contributed by atoms with Gasteiger partial charge in [-0.3, -0.25) is 24.8 Å². The number of fused-ring (bicyclic) bond motifs is 2. The summed E-state index contributed by atoms with van der Waals surface area (Å²) >= 11 is 0. The van der Waals surface area contributed by atoms with Gasteiger partial charge in [0.05, 0.1) is 40.2 Å². The molecule has 0 aromatic carbocycles. The van der Waals surface area contributed by atoms with Gasteiger partial charge in [-0.05, 0) is 29.7 Å². The van der Waals surface area contributed by atoms with E-state index in [1.54, 1.807) is 18.5 Å². The Bertz CT molecular complexity index is 1840. The predicted molar refractivity (Wildman–Crippen MR) is 146 cm³/mol. The first-order valence-corrected chi connectivity index (χ1v) is 12.3. The van der Waals surface area contributed by atoms with Gasteiger partial charge in [-0.1, -0.05) is 26.8 Å². The fourth-order valence-corrected chi connectivity index (χ4v) is 4.43. The number of pyridine rings is 4. The van der Waals surface area contributed by atoms with Gasteiger partial charge in [0.2, 0.25) is 5.91 Å². The van der Waals surface area contributed by atoms with E-state index in [2.05, 4.69) is 45.4 Å². The molecule has 0 atom stereocenters. The number of halogens is 1. The van der Waals surface area contributed by atoms with Crippen molar-refractivity contribution in [2.75, 3.05) is 5.32 Å². The number of aromatic nitrogens is 8. The van der Waals surface area contributed by atoms with Crippen molar-refractivity contribution in [3.05, 3.63) is 67.1 Å². The first-order valence-electron chi connectivity index (χ1n) is 12.3.